The maximum Gasteiger partial charge on any atom is 0.0733 e. The summed E-state index contributed by atoms with van der Waals surface area (Å²) in [5.41, 5.74) is 3.58. The number of rotatable bonds is 1. The molecule has 2 rings (SSSR count). The molecule has 0 unspecified atom stereocenters. The van der Waals surface area contributed by atoms with Crippen LogP contribution in [0.4, 0.5) is 0 Å². The van der Waals surface area contributed by atoms with E-state index < -0.39 is 0 Å². The first-order chi connectivity index (χ1) is 5.90. The van der Waals surface area contributed by atoms with Gasteiger partial charge in [0.05, 0.1) is 6.21 Å². The van der Waals surface area contributed by atoms with Gasteiger partial charge in [0, 0.05) is 13.1 Å². The Balaban J connectivity index is 2.38. The van der Waals surface area contributed by atoms with Gasteiger partial charge < -0.3 is 10.5 Å². The zero-order valence-electron chi connectivity index (χ0n) is 6.62. The first kappa shape index (κ1) is 7.31. The first-order valence-electron chi connectivity index (χ1n) is 3.90. The molecule has 62 valence electrons. The Hall–Kier alpha value is -1.35. The number of hydrogen-bond acceptors (Lipinski definition) is 3. The summed E-state index contributed by atoms with van der Waals surface area (Å²) < 4.78 is 0. The van der Waals surface area contributed by atoms with Gasteiger partial charge in [-0.1, -0.05) is 17.3 Å². The monoisotopic (exact) mass is 162 g/mol. The maximum absolute atomic E-state index is 8.32. The molecule has 0 spiro atoms. The third kappa shape index (κ3) is 1.19. The van der Waals surface area contributed by atoms with Crippen molar-refractivity contribution < 1.29 is 5.21 Å². The highest BCUT2D eigenvalue weighted by atomic mass is 16.4. The third-order valence-corrected chi connectivity index (χ3v) is 2.07. The van der Waals surface area contributed by atoms with Gasteiger partial charge in [-0.3, -0.25) is 0 Å². The molecule has 0 saturated carbocycles. The van der Waals surface area contributed by atoms with Crippen LogP contribution in [0.3, 0.4) is 0 Å². The minimum Gasteiger partial charge on any atom is -0.411 e. The van der Waals surface area contributed by atoms with E-state index in [9.17, 15) is 0 Å². The summed E-state index contributed by atoms with van der Waals surface area (Å²) in [6.07, 6.45) is 1.44. The SMILES string of the molecule is O/N=C/c1ccc2c(c1)CNC2. The second-order valence-corrected chi connectivity index (χ2v) is 2.88. The smallest absolute Gasteiger partial charge is 0.0733 e. The van der Waals surface area contributed by atoms with E-state index in [2.05, 4.69) is 16.5 Å². The van der Waals surface area contributed by atoms with Crippen LogP contribution < -0.4 is 5.32 Å². The van der Waals surface area contributed by atoms with E-state index >= 15 is 0 Å². The molecule has 3 nitrogen and oxygen atoms in total. The van der Waals surface area contributed by atoms with Gasteiger partial charge >= 0.3 is 0 Å². The van der Waals surface area contributed by atoms with E-state index in [0.717, 1.165) is 18.7 Å². The van der Waals surface area contributed by atoms with Gasteiger partial charge in [-0.25, -0.2) is 0 Å². The number of nitrogens with one attached hydrogen (secondary N) is 1. The van der Waals surface area contributed by atoms with E-state index in [-0.39, 0.29) is 0 Å². The van der Waals surface area contributed by atoms with Crippen LogP contribution in [0.15, 0.2) is 23.4 Å². The third-order valence-electron chi connectivity index (χ3n) is 2.07. The molecule has 0 atom stereocenters. The molecule has 1 aliphatic rings. The van der Waals surface area contributed by atoms with Crippen LogP contribution in [-0.4, -0.2) is 11.4 Å². The van der Waals surface area contributed by atoms with E-state index in [1.807, 2.05) is 12.1 Å². The lowest BCUT2D eigenvalue weighted by atomic mass is 10.1. The topological polar surface area (TPSA) is 44.6 Å². The van der Waals surface area contributed by atoms with E-state index in [0.29, 0.717) is 0 Å². The highest BCUT2D eigenvalue weighted by Gasteiger charge is 2.08. The summed E-state index contributed by atoms with van der Waals surface area (Å²) in [4.78, 5) is 0. The number of hydrogen-bond donors (Lipinski definition) is 2. The molecule has 2 N–H and O–H groups in total. The molecule has 12 heavy (non-hydrogen) atoms. The molecular weight excluding hydrogens is 152 g/mol. The maximum atomic E-state index is 8.32. The number of oxime groups is 1. The van der Waals surface area contributed by atoms with Crippen LogP contribution in [0.1, 0.15) is 16.7 Å². The molecule has 1 heterocycles. The number of fused-ring (bicyclic) bond motifs is 1. The fourth-order valence-electron chi connectivity index (χ4n) is 1.46. The Kier molecular flexibility index (Phi) is 1.80. The van der Waals surface area contributed by atoms with Crippen LogP contribution >= 0.6 is 0 Å². The average molecular weight is 162 g/mol. The van der Waals surface area contributed by atoms with Crippen LogP contribution in [0.25, 0.3) is 0 Å². The first-order valence-corrected chi connectivity index (χ1v) is 3.90. The normalized spacial score (nSPS) is 15.3. The average Bonchev–Trinajstić information content (AvgIpc) is 2.51. The fourth-order valence-corrected chi connectivity index (χ4v) is 1.46. The van der Waals surface area contributed by atoms with E-state index in [1.54, 1.807) is 0 Å². The second-order valence-electron chi connectivity index (χ2n) is 2.88. The Bertz CT molecular complexity index is 320. The lowest BCUT2D eigenvalue weighted by Crippen LogP contribution is -1.99. The molecule has 0 amide bonds. The summed E-state index contributed by atoms with van der Waals surface area (Å²) in [5.74, 6) is 0. The minimum atomic E-state index is 0.919. The summed E-state index contributed by atoms with van der Waals surface area (Å²) in [5, 5.41) is 14.6. The van der Waals surface area contributed by atoms with Gasteiger partial charge in [-0.05, 0) is 22.8 Å². The summed E-state index contributed by atoms with van der Waals surface area (Å²) >= 11 is 0. The summed E-state index contributed by atoms with van der Waals surface area (Å²) in [6, 6.07) is 6.05. The van der Waals surface area contributed by atoms with E-state index in [1.165, 1.54) is 17.3 Å². The molecule has 0 aliphatic carbocycles. The summed E-state index contributed by atoms with van der Waals surface area (Å²) in [7, 11) is 0. The molecule has 0 fully saturated rings. The standard InChI is InChI=1S/C9H10N2O/c12-11-4-7-1-2-8-5-10-6-9(8)3-7/h1-4,10,12H,5-6H2/b11-4+. The van der Waals surface area contributed by atoms with Crippen molar-refractivity contribution in [3.8, 4) is 0 Å². The Morgan fingerprint density at radius 2 is 2.17 bits per heavy atom. The highest BCUT2D eigenvalue weighted by molar-refractivity contribution is 5.79. The predicted octanol–water partition coefficient (Wildman–Crippen LogP) is 1.10. The molecule has 0 saturated heterocycles. The Morgan fingerprint density at radius 1 is 1.33 bits per heavy atom. The van der Waals surface area contributed by atoms with Crippen molar-refractivity contribution in [1.29, 1.82) is 0 Å². The van der Waals surface area contributed by atoms with Crippen LogP contribution in [0, 0.1) is 0 Å². The van der Waals surface area contributed by atoms with Crippen molar-refractivity contribution in [3.63, 3.8) is 0 Å². The van der Waals surface area contributed by atoms with Crippen molar-refractivity contribution in [2.75, 3.05) is 0 Å². The largest absolute Gasteiger partial charge is 0.411 e. The molecule has 0 aromatic heterocycles. The van der Waals surface area contributed by atoms with Crippen molar-refractivity contribution in [2.24, 2.45) is 5.16 Å². The zero-order chi connectivity index (χ0) is 8.39. The lowest BCUT2D eigenvalue weighted by Gasteiger charge is -1.97. The quantitative estimate of drug-likeness (QED) is 0.369. The Morgan fingerprint density at radius 3 is 3.00 bits per heavy atom. The minimum absolute atomic E-state index is 0.919. The fraction of sp³-hybridized carbons (Fsp3) is 0.222. The van der Waals surface area contributed by atoms with Crippen LogP contribution in [-0.2, 0) is 13.1 Å². The second kappa shape index (κ2) is 2.95. The molecule has 1 aliphatic heterocycles. The van der Waals surface area contributed by atoms with Gasteiger partial charge in [0.15, 0.2) is 0 Å². The molecule has 0 radical (unpaired) electrons. The van der Waals surface area contributed by atoms with Gasteiger partial charge in [0.2, 0.25) is 0 Å². The van der Waals surface area contributed by atoms with Crippen molar-refractivity contribution in [3.05, 3.63) is 34.9 Å². The van der Waals surface area contributed by atoms with Gasteiger partial charge in [-0.15, -0.1) is 0 Å². The number of nitrogens with zero attached hydrogens (tertiary/aromatic N) is 1. The van der Waals surface area contributed by atoms with Crippen LogP contribution in [0.5, 0.6) is 0 Å². The van der Waals surface area contributed by atoms with Gasteiger partial charge in [-0.2, -0.15) is 0 Å². The molecule has 3 heteroatoms. The van der Waals surface area contributed by atoms with Gasteiger partial charge in [0.25, 0.3) is 0 Å². The lowest BCUT2D eigenvalue weighted by molar-refractivity contribution is 0.322. The highest BCUT2D eigenvalue weighted by Crippen LogP contribution is 2.15. The molecular formula is C9H10N2O. The van der Waals surface area contributed by atoms with E-state index in [4.69, 9.17) is 5.21 Å². The Labute approximate surface area is 70.7 Å². The van der Waals surface area contributed by atoms with Crippen LogP contribution in [0.2, 0.25) is 0 Å². The molecule has 0 bridgehead atoms. The predicted molar refractivity (Wildman–Crippen MR) is 46.4 cm³/mol. The summed E-state index contributed by atoms with van der Waals surface area (Å²) in [6.45, 7) is 1.87. The zero-order valence-corrected chi connectivity index (χ0v) is 6.62. The molecule has 1 aromatic rings. The van der Waals surface area contributed by atoms with Crippen molar-refractivity contribution >= 4 is 6.21 Å². The van der Waals surface area contributed by atoms with Crippen molar-refractivity contribution in [2.45, 2.75) is 13.1 Å². The number of benzene rings is 1. The van der Waals surface area contributed by atoms with Crippen molar-refractivity contribution in [1.82, 2.24) is 5.32 Å². The molecule has 1 aromatic carbocycles. The van der Waals surface area contributed by atoms with Gasteiger partial charge in [0.1, 0.15) is 0 Å².